The van der Waals surface area contributed by atoms with Gasteiger partial charge in [-0.2, -0.15) is 0 Å². The number of hydrogen-bond donors (Lipinski definition) is 0. The van der Waals surface area contributed by atoms with Crippen molar-refractivity contribution in [3.63, 3.8) is 0 Å². The van der Waals surface area contributed by atoms with Gasteiger partial charge in [-0.15, -0.1) is 0 Å². The predicted octanol–water partition coefficient (Wildman–Crippen LogP) is 5.64. The molecule has 2 aromatic rings. The Morgan fingerprint density at radius 3 is 2.62 bits per heavy atom. The van der Waals surface area contributed by atoms with E-state index >= 15 is 0 Å². The third kappa shape index (κ3) is 3.69. The van der Waals surface area contributed by atoms with Gasteiger partial charge in [-0.05, 0) is 53.1 Å². The van der Waals surface area contributed by atoms with Crippen molar-refractivity contribution in [2.45, 2.75) is 38.0 Å². The van der Waals surface area contributed by atoms with Crippen molar-refractivity contribution in [2.24, 2.45) is 0 Å². The van der Waals surface area contributed by atoms with E-state index in [-0.39, 0.29) is 0 Å². The molecule has 1 aromatic carbocycles. The van der Waals surface area contributed by atoms with Gasteiger partial charge in [-0.1, -0.05) is 48.2 Å². The van der Waals surface area contributed by atoms with Crippen molar-refractivity contribution in [2.75, 3.05) is 0 Å². The summed E-state index contributed by atoms with van der Waals surface area (Å²) in [6.07, 6.45) is 5.65. The molecule has 0 spiro atoms. The summed E-state index contributed by atoms with van der Waals surface area (Å²) in [4.78, 5) is 9.23. The lowest BCUT2D eigenvalue weighted by molar-refractivity contribution is 0.680. The third-order valence-electron chi connectivity index (χ3n) is 3.88. The Hall–Kier alpha value is -0.390. The molecule has 0 aliphatic heterocycles. The molecule has 0 radical (unpaired) electrons. The fraction of sp³-hybridized carbons (Fsp3) is 0.375. The maximum absolute atomic E-state index is 6.31. The monoisotopic (exact) mass is 432 g/mol. The molecular weight excluding hydrogens is 418 g/mol. The molecule has 0 bridgehead atoms. The van der Waals surface area contributed by atoms with Crippen LogP contribution >= 0.6 is 45.8 Å². The first-order chi connectivity index (χ1) is 10.1. The van der Waals surface area contributed by atoms with E-state index in [2.05, 4.69) is 27.6 Å². The summed E-state index contributed by atoms with van der Waals surface area (Å²) in [5, 5.41) is 1.31. The second kappa shape index (κ2) is 6.80. The average Bonchev–Trinajstić information content (AvgIpc) is 2.96. The minimum absolute atomic E-state index is 0.538. The lowest BCUT2D eigenvalue weighted by Gasteiger charge is -2.13. The van der Waals surface area contributed by atoms with Crippen LogP contribution in [0.5, 0.6) is 0 Å². The van der Waals surface area contributed by atoms with Crippen LogP contribution in [0.4, 0.5) is 0 Å². The van der Waals surface area contributed by atoms with Gasteiger partial charge in [0, 0.05) is 17.4 Å². The van der Waals surface area contributed by atoms with Gasteiger partial charge in [0.1, 0.15) is 11.0 Å². The highest BCUT2D eigenvalue weighted by Crippen LogP contribution is 2.36. The van der Waals surface area contributed by atoms with E-state index in [0.29, 0.717) is 17.5 Å². The van der Waals surface area contributed by atoms with Crippen LogP contribution in [0.3, 0.4) is 0 Å². The standard InChI is InChI=1S/C16H15Cl2IN2/c17-12-7-3-4-10(8-12)9-13-20-15(11-5-1-2-6-11)14(19)16(18)21-13/h3-4,7-8,11H,1-2,5-6,9H2. The summed E-state index contributed by atoms with van der Waals surface area (Å²) in [7, 11) is 0. The Morgan fingerprint density at radius 1 is 1.14 bits per heavy atom. The van der Waals surface area contributed by atoms with Crippen LogP contribution in [0.2, 0.25) is 10.2 Å². The minimum atomic E-state index is 0.538. The summed E-state index contributed by atoms with van der Waals surface area (Å²) in [5.41, 5.74) is 2.24. The zero-order chi connectivity index (χ0) is 14.8. The van der Waals surface area contributed by atoms with Gasteiger partial charge >= 0.3 is 0 Å². The average molecular weight is 433 g/mol. The molecule has 0 N–H and O–H groups in total. The third-order valence-corrected chi connectivity index (χ3v) is 5.77. The van der Waals surface area contributed by atoms with Crippen LogP contribution in [0.15, 0.2) is 24.3 Å². The van der Waals surface area contributed by atoms with Gasteiger partial charge in [-0.3, -0.25) is 0 Å². The van der Waals surface area contributed by atoms with Gasteiger partial charge in [-0.25, -0.2) is 9.97 Å². The van der Waals surface area contributed by atoms with Crippen LogP contribution in [0.1, 0.15) is 48.7 Å². The molecule has 21 heavy (non-hydrogen) atoms. The molecule has 1 aromatic heterocycles. The molecule has 1 aliphatic carbocycles. The Morgan fingerprint density at radius 2 is 1.90 bits per heavy atom. The summed E-state index contributed by atoms with van der Waals surface area (Å²) >= 11 is 14.6. The second-order valence-corrected chi connectivity index (χ2v) is 7.29. The number of halogens is 3. The van der Waals surface area contributed by atoms with E-state index in [1.807, 2.05) is 24.3 Å². The van der Waals surface area contributed by atoms with E-state index in [0.717, 1.165) is 25.7 Å². The summed E-state index contributed by atoms with van der Waals surface area (Å²) < 4.78 is 1.01. The Kier molecular flexibility index (Phi) is 5.02. The number of hydrogen-bond acceptors (Lipinski definition) is 2. The SMILES string of the molecule is Clc1cccc(Cc2nc(Cl)c(I)c(C3CCCC3)n2)c1. The largest absolute Gasteiger partial charge is 0.236 e. The molecule has 0 atom stereocenters. The smallest absolute Gasteiger partial charge is 0.146 e. The molecule has 1 heterocycles. The predicted molar refractivity (Wildman–Crippen MR) is 95.2 cm³/mol. The number of rotatable bonds is 3. The van der Waals surface area contributed by atoms with Crippen LogP contribution in [0, 0.1) is 3.57 Å². The first kappa shape index (κ1) is 15.5. The minimum Gasteiger partial charge on any atom is -0.236 e. The van der Waals surface area contributed by atoms with E-state index in [9.17, 15) is 0 Å². The van der Waals surface area contributed by atoms with Crippen LogP contribution < -0.4 is 0 Å². The quantitative estimate of drug-likeness (QED) is 0.463. The first-order valence-electron chi connectivity index (χ1n) is 7.10. The van der Waals surface area contributed by atoms with E-state index in [1.54, 1.807) is 0 Å². The fourth-order valence-corrected chi connectivity index (χ4v) is 3.95. The maximum Gasteiger partial charge on any atom is 0.146 e. The topological polar surface area (TPSA) is 25.8 Å². The van der Waals surface area contributed by atoms with Crippen LogP contribution in [0.25, 0.3) is 0 Å². The van der Waals surface area contributed by atoms with Crippen molar-refractivity contribution in [1.82, 2.24) is 9.97 Å². The Balaban J connectivity index is 1.92. The van der Waals surface area contributed by atoms with Crippen molar-refractivity contribution >= 4 is 45.8 Å². The lowest BCUT2D eigenvalue weighted by atomic mass is 10.0. The van der Waals surface area contributed by atoms with Gasteiger partial charge in [0.05, 0.1) is 9.26 Å². The van der Waals surface area contributed by atoms with E-state index in [1.165, 1.54) is 25.7 Å². The second-order valence-electron chi connectivity index (χ2n) is 5.42. The van der Waals surface area contributed by atoms with Gasteiger partial charge in [0.15, 0.2) is 0 Å². The molecule has 3 rings (SSSR count). The highest BCUT2D eigenvalue weighted by molar-refractivity contribution is 14.1. The van der Waals surface area contributed by atoms with Gasteiger partial charge in [0.2, 0.25) is 0 Å². The van der Waals surface area contributed by atoms with Crippen molar-refractivity contribution in [1.29, 1.82) is 0 Å². The fourth-order valence-electron chi connectivity index (χ4n) is 2.86. The van der Waals surface area contributed by atoms with Gasteiger partial charge < -0.3 is 0 Å². The summed E-state index contributed by atoms with van der Waals surface area (Å²) in [5.74, 6) is 1.32. The van der Waals surface area contributed by atoms with E-state index < -0.39 is 0 Å². The van der Waals surface area contributed by atoms with Crippen LogP contribution in [-0.4, -0.2) is 9.97 Å². The Labute approximate surface area is 148 Å². The zero-order valence-corrected chi connectivity index (χ0v) is 15.1. The molecule has 0 unspecified atom stereocenters. The normalized spacial score (nSPS) is 15.6. The number of benzene rings is 1. The van der Waals surface area contributed by atoms with Crippen molar-refractivity contribution < 1.29 is 0 Å². The molecule has 1 aliphatic rings. The molecule has 0 saturated heterocycles. The highest BCUT2D eigenvalue weighted by atomic mass is 127. The molecule has 5 heteroatoms. The molecular formula is C16H15Cl2IN2. The van der Waals surface area contributed by atoms with Crippen molar-refractivity contribution in [3.8, 4) is 0 Å². The number of aromatic nitrogens is 2. The van der Waals surface area contributed by atoms with Crippen LogP contribution in [-0.2, 0) is 6.42 Å². The lowest BCUT2D eigenvalue weighted by Crippen LogP contribution is -2.07. The maximum atomic E-state index is 6.31. The molecule has 0 amide bonds. The Bertz CT molecular complexity index is 655. The van der Waals surface area contributed by atoms with Crippen molar-refractivity contribution in [3.05, 3.63) is 55.1 Å². The highest BCUT2D eigenvalue weighted by Gasteiger charge is 2.23. The van der Waals surface area contributed by atoms with Gasteiger partial charge in [0.25, 0.3) is 0 Å². The van der Waals surface area contributed by atoms with E-state index in [4.69, 9.17) is 28.2 Å². The molecule has 1 saturated carbocycles. The number of nitrogens with zero attached hydrogens (tertiary/aromatic N) is 2. The first-order valence-corrected chi connectivity index (χ1v) is 8.93. The molecule has 110 valence electrons. The summed E-state index contributed by atoms with van der Waals surface area (Å²) in [6.45, 7) is 0. The summed E-state index contributed by atoms with van der Waals surface area (Å²) in [6, 6.07) is 7.81. The molecule has 1 fully saturated rings. The zero-order valence-electron chi connectivity index (χ0n) is 11.5. The molecule has 2 nitrogen and oxygen atoms in total.